The largest absolute Gasteiger partial charge is 0.481 e. The van der Waals surface area contributed by atoms with Crippen LogP contribution < -0.4 is 5.32 Å². The van der Waals surface area contributed by atoms with Gasteiger partial charge in [-0.15, -0.1) is 0 Å². The van der Waals surface area contributed by atoms with Crippen molar-refractivity contribution in [1.29, 1.82) is 0 Å². The van der Waals surface area contributed by atoms with Gasteiger partial charge in [-0.2, -0.15) is 0 Å². The Morgan fingerprint density at radius 1 is 1.50 bits per heavy atom. The van der Waals surface area contributed by atoms with Gasteiger partial charge in [-0.05, 0) is 33.7 Å². The van der Waals surface area contributed by atoms with Crippen LogP contribution >= 0.6 is 0 Å². The number of carboxylic acid groups (broad SMARTS) is 1. The van der Waals surface area contributed by atoms with Crippen molar-refractivity contribution in [3.8, 4) is 0 Å². The van der Waals surface area contributed by atoms with E-state index in [9.17, 15) is 9.59 Å². The van der Waals surface area contributed by atoms with E-state index in [-0.39, 0.29) is 18.6 Å². The third-order valence-electron chi connectivity index (χ3n) is 4.12. The van der Waals surface area contributed by atoms with Crippen molar-refractivity contribution >= 4 is 12.0 Å². The van der Waals surface area contributed by atoms with Crippen molar-refractivity contribution in [1.82, 2.24) is 15.1 Å². The fourth-order valence-electron chi connectivity index (χ4n) is 2.45. The maximum atomic E-state index is 12.2. The van der Waals surface area contributed by atoms with E-state index in [1.807, 2.05) is 6.92 Å². The molecule has 1 aliphatic heterocycles. The average Bonchev–Trinajstić information content (AvgIpc) is 2.39. The van der Waals surface area contributed by atoms with Gasteiger partial charge in [0.2, 0.25) is 0 Å². The summed E-state index contributed by atoms with van der Waals surface area (Å²) in [7, 11) is 2.09. The average molecular weight is 285 g/mol. The van der Waals surface area contributed by atoms with Gasteiger partial charge < -0.3 is 20.2 Å². The Bertz CT molecular complexity index is 349. The zero-order valence-corrected chi connectivity index (χ0v) is 12.9. The molecule has 6 nitrogen and oxygen atoms in total. The molecule has 0 aliphatic carbocycles. The lowest BCUT2D eigenvalue weighted by atomic mass is 9.99. The summed E-state index contributed by atoms with van der Waals surface area (Å²) < 4.78 is 0. The van der Waals surface area contributed by atoms with Crippen LogP contribution in [-0.2, 0) is 4.79 Å². The number of rotatable bonds is 5. The summed E-state index contributed by atoms with van der Waals surface area (Å²) in [6.45, 7) is 7.39. The van der Waals surface area contributed by atoms with Crippen LogP contribution in [0, 0.1) is 5.92 Å². The highest BCUT2D eigenvalue weighted by Gasteiger charge is 2.26. The van der Waals surface area contributed by atoms with E-state index in [0.29, 0.717) is 12.6 Å². The van der Waals surface area contributed by atoms with Crippen molar-refractivity contribution in [2.45, 2.75) is 45.7 Å². The van der Waals surface area contributed by atoms with Crippen molar-refractivity contribution in [2.75, 3.05) is 26.7 Å². The topological polar surface area (TPSA) is 72.9 Å². The number of carbonyl (C=O) groups excluding carboxylic acids is 1. The Kier molecular flexibility index (Phi) is 6.26. The van der Waals surface area contributed by atoms with E-state index >= 15 is 0 Å². The maximum absolute atomic E-state index is 12.2. The van der Waals surface area contributed by atoms with Crippen LogP contribution in [-0.4, -0.2) is 65.7 Å². The first-order valence-electron chi connectivity index (χ1n) is 7.33. The van der Waals surface area contributed by atoms with Crippen LogP contribution in [0.25, 0.3) is 0 Å². The Hall–Kier alpha value is -1.30. The normalized spacial score (nSPS) is 25.0. The molecule has 1 heterocycles. The van der Waals surface area contributed by atoms with Gasteiger partial charge in [-0.25, -0.2) is 4.79 Å². The molecule has 0 aromatic heterocycles. The van der Waals surface area contributed by atoms with Crippen molar-refractivity contribution < 1.29 is 14.7 Å². The number of amides is 2. The Morgan fingerprint density at radius 3 is 2.65 bits per heavy atom. The summed E-state index contributed by atoms with van der Waals surface area (Å²) in [6.07, 6.45) is 1.88. The first-order valence-corrected chi connectivity index (χ1v) is 7.33. The fourth-order valence-corrected chi connectivity index (χ4v) is 2.45. The quantitative estimate of drug-likeness (QED) is 0.796. The second-order valence-corrected chi connectivity index (χ2v) is 5.78. The summed E-state index contributed by atoms with van der Waals surface area (Å²) in [5, 5.41) is 12.0. The molecule has 1 rings (SSSR count). The maximum Gasteiger partial charge on any atom is 0.317 e. The highest BCUT2D eigenvalue weighted by Crippen LogP contribution is 2.15. The Labute approximate surface area is 121 Å². The van der Waals surface area contributed by atoms with Crippen LogP contribution in [0.4, 0.5) is 4.79 Å². The SMILES string of the molecule is CCN(CC(C)C(=O)O)C(=O)NC1CCN(C)C(C)C1. The highest BCUT2D eigenvalue weighted by molar-refractivity contribution is 5.76. The third-order valence-corrected chi connectivity index (χ3v) is 4.12. The Morgan fingerprint density at radius 2 is 2.15 bits per heavy atom. The standard InChI is InChI=1S/C14H27N3O3/c1-5-17(9-10(2)13(18)19)14(20)15-12-6-7-16(4)11(3)8-12/h10-12H,5-9H2,1-4H3,(H,15,20)(H,18,19). The number of aliphatic carboxylic acids is 1. The van der Waals surface area contributed by atoms with Crippen LogP contribution in [0.5, 0.6) is 0 Å². The van der Waals surface area contributed by atoms with Crippen LogP contribution in [0.15, 0.2) is 0 Å². The molecular formula is C14H27N3O3. The minimum Gasteiger partial charge on any atom is -0.481 e. The second-order valence-electron chi connectivity index (χ2n) is 5.78. The fraction of sp³-hybridized carbons (Fsp3) is 0.857. The van der Waals surface area contributed by atoms with Crippen LogP contribution in [0.2, 0.25) is 0 Å². The molecule has 1 aliphatic rings. The zero-order chi connectivity index (χ0) is 15.3. The number of hydrogen-bond acceptors (Lipinski definition) is 3. The number of nitrogens with one attached hydrogen (secondary N) is 1. The number of urea groups is 1. The number of carbonyl (C=O) groups is 2. The molecule has 1 saturated heterocycles. The molecule has 0 radical (unpaired) electrons. The molecule has 20 heavy (non-hydrogen) atoms. The van der Waals surface area contributed by atoms with Gasteiger partial charge in [0.25, 0.3) is 0 Å². The molecule has 0 bridgehead atoms. The number of hydrogen-bond donors (Lipinski definition) is 2. The smallest absolute Gasteiger partial charge is 0.317 e. The molecule has 0 saturated carbocycles. The van der Waals surface area contributed by atoms with E-state index in [0.717, 1.165) is 19.4 Å². The molecule has 3 unspecified atom stereocenters. The van der Waals surface area contributed by atoms with Gasteiger partial charge in [0.15, 0.2) is 0 Å². The van der Waals surface area contributed by atoms with Crippen molar-refractivity contribution in [2.24, 2.45) is 5.92 Å². The minimum atomic E-state index is -0.871. The van der Waals surface area contributed by atoms with Crippen LogP contribution in [0.3, 0.4) is 0 Å². The van der Waals surface area contributed by atoms with Gasteiger partial charge in [0, 0.05) is 31.7 Å². The van der Waals surface area contributed by atoms with Crippen LogP contribution in [0.1, 0.15) is 33.6 Å². The summed E-state index contributed by atoms with van der Waals surface area (Å²) in [6, 6.07) is 0.493. The van der Waals surface area contributed by atoms with E-state index < -0.39 is 11.9 Å². The van der Waals surface area contributed by atoms with E-state index in [1.165, 1.54) is 0 Å². The molecule has 1 fully saturated rings. The number of likely N-dealkylation sites (tertiary alicyclic amines) is 1. The summed E-state index contributed by atoms with van der Waals surface area (Å²) in [4.78, 5) is 26.9. The first kappa shape index (κ1) is 16.8. The summed E-state index contributed by atoms with van der Waals surface area (Å²) in [5.41, 5.74) is 0. The second kappa shape index (κ2) is 7.47. The van der Waals surface area contributed by atoms with Gasteiger partial charge in [0.1, 0.15) is 0 Å². The highest BCUT2D eigenvalue weighted by atomic mass is 16.4. The molecule has 0 aromatic rings. The number of carboxylic acids is 1. The molecule has 3 atom stereocenters. The van der Waals surface area contributed by atoms with Gasteiger partial charge >= 0.3 is 12.0 Å². The predicted molar refractivity (Wildman–Crippen MR) is 77.7 cm³/mol. The van der Waals surface area contributed by atoms with Crippen molar-refractivity contribution in [3.63, 3.8) is 0 Å². The molecule has 6 heteroatoms. The first-order chi connectivity index (χ1) is 9.35. The summed E-state index contributed by atoms with van der Waals surface area (Å²) in [5.74, 6) is -1.42. The van der Waals surface area contributed by atoms with Gasteiger partial charge in [-0.3, -0.25) is 4.79 Å². The third kappa shape index (κ3) is 4.67. The number of piperidine rings is 1. The number of nitrogens with zero attached hydrogens (tertiary/aromatic N) is 2. The molecular weight excluding hydrogens is 258 g/mol. The lowest BCUT2D eigenvalue weighted by Crippen LogP contribution is -2.51. The molecule has 116 valence electrons. The zero-order valence-electron chi connectivity index (χ0n) is 12.9. The lowest BCUT2D eigenvalue weighted by molar-refractivity contribution is -0.141. The van der Waals surface area contributed by atoms with E-state index in [2.05, 4.69) is 24.2 Å². The van der Waals surface area contributed by atoms with E-state index in [4.69, 9.17) is 5.11 Å². The molecule has 2 N–H and O–H groups in total. The van der Waals surface area contributed by atoms with E-state index in [1.54, 1.807) is 11.8 Å². The van der Waals surface area contributed by atoms with Gasteiger partial charge in [-0.1, -0.05) is 6.92 Å². The minimum absolute atomic E-state index is 0.151. The van der Waals surface area contributed by atoms with Gasteiger partial charge in [0.05, 0.1) is 5.92 Å². The predicted octanol–water partition coefficient (Wildman–Crippen LogP) is 1.22. The lowest BCUT2D eigenvalue weighted by Gasteiger charge is -2.36. The molecule has 2 amide bonds. The Balaban J connectivity index is 2.49. The monoisotopic (exact) mass is 285 g/mol. The molecule has 0 aromatic carbocycles. The summed E-state index contributed by atoms with van der Waals surface area (Å²) >= 11 is 0. The molecule has 0 spiro atoms. The van der Waals surface area contributed by atoms with Crippen molar-refractivity contribution in [3.05, 3.63) is 0 Å².